The van der Waals surface area contributed by atoms with E-state index in [4.69, 9.17) is 0 Å². The van der Waals surface area contributed by atoms with Crippen molar-refractivity contribution in [2.24, 2.45) is 5.92 Å². The Morgan fingerprint density at radius 3 is 2.93 bits per heavy atom. The molecule has 8 heteroatoms. The first kappa shape index (κ1) is 18.2. The summed E-state index contributed by atoms with van der Waals surface area (Å²) in [4.78, 5) is 6.69. The molecule has 0 saturated carbocycles. The van der Waals surface area contributed by atoms with Gasteiger partial charge >= 0.3 is 0 Å². The van der Waals surface area contributed by atoms with Gasteiger partial charge in [0.15, 0.2) is 10.8 Å². The first-order valence-corrected chi connectivity index (χ1v) is 9.95. The summed E-state index contributed by atoms with van der Waals surface area (Å²) in [6, 6.07) is 3.74. The lowest BCUT2D eigenvalue weighted by molar-refractivity contribution is 0.112. The molecule has 6 nitrogen and oxygen atoms in total. The number of nitrogens with zero attached hydrogens (tertiary/aromatic N) is 4. The summed E-state index contributed by atoms with van der Waals surface area (Å²) < 4.78 is 16.7. The smallest absolute Gasteiger partial charge is 0.194 e. The lowest BCUT2D eigenvalue weighted by Gasteiger charge is -2.32. The van der Waals surface area contributed by atoms with Crippen LogP contribution in [0.1, 0.15) is 17.5 Å². The second-order valence-corrected chi connectivity index (χ2v) is 8.47. The van der Waals surface area contributed by atoms with Crippen LogP contribution in [0.25, 0.3) is 16.0 Å². The number of anilines is 1. The van der Waals surface area contributed by atoms with Crippen molar-refractivity contribution in [3.63, 3.8) is 0 Å². The average molecular weight is 390 g/mol. The van der Waals surface area contributed by atoms with E-state index in [0.29, 0.717) is 24.3 Å². The number of alkyl halides is 1. The minimum absolute atomic E-state index is 0.0212. The minimum atomic E-state index is -0.764. The second-order valence-electron chi connectivity index (χ2n) is 7.44. The van der Waals surface area contributed by atoms with Crippen LogP contribution < -0.4 is 5.32 Å². The molecule has 0 unspecified atom stereocenters. The number of thiazole rings is 1. The van der Waals surface area contributed by atoms with Crippen LogP contribution in [0.5, 0.6) is 5.75 Å². The maximum Gasteiger partial charge on any atom is 0.194 e. The van der Waals surface area contributed by atoms with Crippen LogP contribution in [0.2, 0.25) is 0 Å². The molecule has 1 saturated heterocycles. The zero-order valence-corrected chi connectivity index (χ0v) is 16.6. The Kier molecular flexibility index (Phi) is 4.77. The second kappa shape index (κ2) is 7.09. The summed E-state index contributed by atoms with van der Waals surface area (Å²) in [5, 5.41) is 18.8. The number of hydrogen-bond donors (Lipinski definition) is 2. The molecule has 0 bridgehead atoms. The molecular formula is C19H24FN5OS. The number of phenolic OH excluding ortho intramolecular Hbond substituents is 1. The fraction of sp³-hybridized carbons (Fsp3) is 0.474. The van der Waals surface area contributed by atoms with E-state index in [1.807, 2.05) is 33.2 Å². The molecule has 2 aromatic heterocycles. The third kappa shape index (κ3) is 3.64. The summed E-state index contributed by atoms with van der Waals surface area (Å²) in [7, 11) is 2.03. The van der Waals surface area contributed by atoms with E-state index in [0.717, 1.165) is 34.0 Å². The zero-order chi connectivity index (χ0) is 19.1. The van der Waals surface area contributed by atoms with Crippen molar-refractivity contribution < 1.29 is 9.50 Å². The molecule has 27 heavy (non-hydrogen) atoms. The number of piperidine rings is 1. The number of nitrogens with one attached hydrogen (secondary N) is 1. The fourth-order valence-corrected chi connectivity index (χ4v) is 4.57. The molecule has 1 aliphatic rings. The highest BCUT2D eigenvalue weighted by Gasteiger charge is 2.27. The van der Waals surface area contributed by atoms with E-state index in [1.54, 1.807) is 10.7 Å². The third-order valence-electron chi connectivity index (χ3n) is 5.09. The summed E-state index contributed by atoms with van der Waals surface area (Å²) in [5.41, 5.74) is 3.26. The number of aryl methyl sites for hydroxylation is 2. The van der Waals surface area contributed by atoms with E-state index in [9.17, 15) is 9.50 Å². The molecule has 144 valence electrons. The van der Waals surface area contributed by atoms with Crippen molar-refractivity contribution in [2.75, 3.05) is 32.0 Å². The average Bonchev–Trinajstić information content (AvgIpc) is 3.13. The van der Waals surface area contributed by atoms with Gasteiger partial charge in [0.25, 0.3) is 0 Å². The summed E-state index contributed by atoms with van der Waals surface area (Å²) in [5.74, 6) is 0.184. The first-order chi connectivity index (χ1) is 12.9. The van der Waals surface area contributed by atoms with Crippen LogP contribution in [0.4, 0.5) is 9.52 Å². The predicted molar refractivity (Wildman–Crippen MR) is 107 cm³/mol. The molecule has 2 N–H and O–H groups in total. The molecule has 3 aromatic rings. The van der Waals surface area contributed by atoms with Gasteiger partial charge in [0.1, 0.15) is 17.6 Å². The Hall–Kier alpha value is -2.19. The number of aromatic hydroxyl groups is 1. The van der Waals surface area contributed by atoms with Gasteiger partial charge in [-0.2, -0.15) is 4.98 Å². The predicted octanol–water partition coefficient (Wildman–Crippen LogP) is 3.51. The van der Waals surface area contributed by atoms with Crippen LogP contribution in [-0.4, -0.2) is 57.6 Å². The Balaban J connectivity index is 1.51. The van der Waals surface area contributed by atoms with E-state index in [1.165, 1.54) is 11.3 Å². The number of benzene rings is 1. The van der Waals surface area contributed by atoms with Crippen molar-refractivity contribution in [1.82, 2.24) is 19.7 Å². The van der Waals surface area contributed by atoms with Gasteiger partial charge in [-0.15, -0.1) is 5.10 Å². The van der Waals surface area contributed by atoms with Crippen LogP contribution in [0.3, 0.4) is 0 Å². The molecule has 0 radical (unpaired) electrons. The van der Waals surface area contributed by atoms with Gasteiger partial charge in [0.2, 0.25) is 0 Å². The monoisotopic (exact) mass is 389 g/mol. The maximum absolute atomic E-state index is 14.1. The summed E-state index contributed by atoms with van der Waals surface area (Å²) >= 11 is 1.50. The molecule has 1 fully saturated rings. The Morgan fingerprint density at radius 2 is 2.19 bits per heavy atom. The molecule has 3 heterocycles. The first-order valence-electron chi connectivity index (χ1n) is 9.14. The molecule has 1 aromatic carbocycles. The van der Waals surface area contributed by atoms with Gasteiger partial charge in [-0.3, -0.25) is 0 Å². The zero-order valence-electron chi connectivity index (χ0n) is 15.7. The van der Waals surface area contributed by atoms with Crippen molar-refractivity contribution in [1.29, 1.82) is 0 Å². The lowest BCUT2D eigenvalue weighted by atomic mass is 9.96. The topological polar surface area (TPSA) is 66.2 Å². The largest absolute Gasteiger partial charge is 0.506 e. The van der Waals surface area contributed by atoms with Crippen LogP contribution in [0, 0.1) is 19.8 Å². The number of phenols is 1. The highest BCUT2D eigenvalue weighted by atomic mass is 32.1. The Labute approximate surface area is 161 Å². The van der Waals surface area contributed by atoms with Crippen molar-refractivity contribution >= 4 is 26.8 Å². The van der Waals surface area contributed by atoms with Gasteiger partial charge in [0, 0.05) is 25.6 Å². The Morgan fingerprint density at radius 1 is 1.37 bits per heavy atom. The molecule has 4 rings (SSSR count). The Bertz CT molecular complexity index is 914. The van der Waals surface area contributed by atoms with E-state index in [-0.39, 0.29) is 11.7 Å². The van der Waals surface area contributed by atoms with Gasteiger partial charge in [0.05, 0.1) is 10.9 Å². The van der Waals surface area contributed by atoms with Crippen LogP contribution in [-0.2, 0) is 0 Å². The molecule has 0 aliphatic carbocycles. The molecule has 1 aliphatic heterocycles. The number of halogens is 1. The summed E-state index contributed by atoms with van der Waals surface area (Å²) in [6.07, 6.45) is 1.70. The fourth-order valence-electron chi connectivity index (χ4n) is 3.74. The SMILES string of the molecule is Cc1cc(C)c(-n2cc3sc(NC[C@H]4CN(C)CC[C@@H]4F)nc3n2)c(O)c1. The number of aromatic nitrogens is 3. The minimum Gasteiger partial charge on any atom is -0.506 e. The molecule has 0 spiro atoms. The molecule has 0 amide bonds. The lowest BCUT2D eigenvalue weighted by Crippen LogP contribution is -2.42. The van der Waals surface area contributed by atoms with Crippen LogP contribution in [0.15, 0.2) is 18.3 Å². The van der Waals surface area contributed by atoms with Gasteiger partial charge in [-0.1, -0.05) is 17.4 Å². The van der Waals surface area contributed by atoms with Crippen LogP contribution >= 0.6 is 11.3 Å². The molecule has 2 atom stereocenters. The summed E-state index contributed by atoms with van der Waals surface area (Å²) in [6.45, 7) is 6.05. The molecular weight excluding hydrogens is 365 g/mol. The highest BCUT2D eigenvalue weighted by Crippen LogP contribution is 2.31. The normalized spacial score (nSPS) is 21.0. The number of hydrogen-bond acceptors (Lipinski definition) is 6. The van der Waals surface area contributed by atoms with Gasteiger partial charge < -0.3 is 15.3 Å². The van der Waals surface area contributed by atoms with E-state index >= 15 is 0 Å². The quantitative estimate of drug-likeness (QED) is 0.715. The van der Waals surface area contributed by atoms with E-state index < -0.39 is 6.17 Å². The number of rotatable bonds is 4. The standard InChI is InChI=1S/C19H24FN5OS/c1-11-6-12(2)17(15(26)7-11)25-10-16-18(23-25)22-19(27-16)21-8-13-9-24(3)5-4-14(13)20/h6-7,10,13-14,26H,4-5,8-9H2,1-3H3,(H,21,22,23)/t13-,14-/m0/s1. The number of fused-ring (bicyclic) bond motifs is 1. The van der Waals surface area contributed by atoms with Gasteiger partial charge in [-0.05, 0) is 44.5 Å². The van der Waals surface area contributed by atoms with E-state index in [2.05, 4.69) is 20.3 Å². The number of likely N-dealkylation sites (tertiary alicyclic amines) is 1. The van der Waals surface area contributed by atoms with Crippen molar-refractivity contribution in [3.8, 4) is 11.4 Å². The van der Waals surface area contributed by atoms with Gasteiger partial charge in [-0.25, -0.2) is 9.07 Å². The highest BCUT2D eigenvalue weighted by molar-refractivity contribution is 7.22. The van der Waals surface area contributed by atoms with Crippen molar-refractivity contribution in [2.45, 2.75) is 26.4 Å². The van der Waals surface area contributed by atoms with Crippen molar-refractivity contribution in [3.05, 3.63) is 29.5 Å². The third-order valence-corrected chi connectivity index (χ3v) is 6.03. The maximum atomic E-state index is 14.1.